The van der Waals surface area contributed by atoms with Crippen LogP contribution in [-0.4, -0.2) is 37.0 Å². The lowest BCUT2D eigenvalue weighted by Gasteiger charge is -2.25. The summed E-state index contributed by atoms with van der Waals surface area (Å²) in [7, 11) is 0. The van der Waals surface area contributed by atoms with E-state index in [2.05, 4.69) is 12.2 Å². The van der Waals surface area contributed by atoms with Gasteiger partial charge in [0.2, 0.25) is 0 Å². The summed E-state index contributed by atoms with van der Waals surface area (Å²) in [6.07, 6.45) is 4.69. The van der Waals surface area contributed by atoms with Crippen LogP contribution in [0.25, 0.3) is 0 Å². The molecular formula is C17H24N2O2. The Balaban J connectivity index is 1.79. The lowest BCUT2D eigenvalue weighted by atomic mass is 9.98. The number of rotatable bonds is 2. The van der Waals surface area contributed by atoms with Crippen LogP contribution < -0.4 is 10.1 Å². The van der Waals surface area contributed by atoms with Gasteiger partial charge >= 0.3 is 0 Å². The van der Waals surface area contributed by atoms with Crippen molar-refractivity contribution in [2.75, 3.05) is 31.6 Å². The molecule has 1 N–H and O–H groups in total. The molecule has 1 unspecified atom stereocenters. The average Bonchev–Trinajstić information content (AvgIpc) is 2.79. The largest absolute Gasteiger partial charge is 0.489 e. The van der Waals surface area contributed by atoms with Gasteiger partial charge < -0.3 is 15.0 Å². The van der Waals surface area contributed by atoms with Crippen LogP contribution in [0.1, 0.15) is 43.0 Å². The predicted octanol–water partition coefficient (Wildman–Crippen LogP) is 3.14. The molecule has 0 aromatic heterocycles. The molecule has 0 radical (unpaired) electrons. The Labute approximate surface area is 126 Å². The molecule has 1 saturated heterocycles. The van der Waals surface area contributed by atoms with Crippen molar-refractivity contribution in [1.82, 2.24) is 4.90 Å². The quantitative estimate of drug-likeness (QED) is 0.909. The average molecular weight is 288 g/mol. The third kappa shape index (κ3) is 2.99. The van der Waals surface area contributed by atoms with E-state index in [1.165, 1.54) is 12.8 Å². The third-order valence-electron chi connectivity index (χ3n) is 4.62. The van der Waals surface area contributed by atoms with Gasteiger partial charge in [-0.1, -0.05) is 19.4 Å². The molecule has 0 bridgehead atoms. The number of hydrogen-bond acceptors (Lipinski definition) is 3. The van der Waals surface area contributed by atoms with Crippen molar-refractivity contribution in [1.29, 1.82) is 0 Å². The van der Waals surface area contributed by atoms with E-state index in [9.17, 15) is 4.79 Å². The number of fused-ring (bicyclic) bond motifs is 1. The van der Waals surface area contributed by atoms with Crippen molar-refractivity contribution in [2.24, 2.45) is 5.92 Å². The monoisotopic (exact) mass is 288 g/mol. The Hall–Kier alpha value is -1.71. The summed E-state index contributed by atoms with van der Waals surface area (Å²) in [5, 5.41) is 3.29. The molecule has 1 atom stereocenters. The normalized spacial score (nSPS) is 21.8. The molecule has 4 nitrogen and oxygen atoms in total. The van der Waals surface area contributed by atoms with Crippen molar-refractivity contribution >= 4 is 11.6 Å². The second-order valence-electron chi connectivity index (χ2n) is 5.95. The van der Waals surface area contributed by atoms with Gasteiger partial charge in [0, 0.05) is 19.6 Å². The topological polar surface area (TPSA) is 41.6 Å². The van der Waals surface area contributed by atoms with Gasteiger partial charge in [-0.3, -0.25) is 4.79 Å². The van der Waals surface area contributed by atoms with Crippen LogP contribution in [0.3, 0.4) is 0 Å². The van der Waals surface area contributed by atoms with E-state index in [1.807, 2.05) is 23.1 Å². The second-order valence-corrected chi connectivity index (χ2v) is 5.95. The molecule has 1 fully saturated rings. The van der Waals surface area contributed by atoms with E-state index < -0.39 is 0 Å². The Bertz CT molecular complexity index is 516. The highest BCUT2D eigenvalue weighted by Crippen LogP contribution is 2.32. The Kier molecular flexibility index (Phi) is 4.32. The highest BCUT2D eigenvalue weighted by molar-refractivity contribution is 5.99. The molecule has 2 aliphatic heterocycles. The fraction of sp³-hybridized carbons (Fsp3) is 0.588. The van der Waals surface area contributed by atoms with Crippen LogP contribution in [0.4, 0.5) is 5.69 Å². The van der Waals surface area contributed by atoms with E-state index in [0.29, 0.717) is 12.2 Å². The molecule has 1 amide bonds. The zero-order valence-corrected chi connectivity index (χ0v) is 12.7. The molecule has 0 saturated carbocycles. The van der Waals surface area contributed by atoms with E-state index in [1.54, 1.807) is 0 Å². The number of likely N-dealkylation sites (tertiary alicyclic amines) is 1. The number of hydrogen-bond donors (Lipinski definition) is 1. The molecule has 4 heteroatoms. The van der Waals surface area contributed by atoms with E-state index in [4.69, 9.17) is 4.74 Å². The molecule has 3 rings (SSSR count). The van der Waals surface area contributed by atoms with E-state index in [0.717, 1.165) is 49.8 Å². The van der Waals surface area contributed by atoms with Gasteiger partial charge in [-0.15, -0.1) is 0 Å². The standard InChI is InChI=1S/C17H24N2O2/c1-2-13-5-4-10-19(11-8-13)17(20)14-6-3-7-15-16(14)21-12-9-18-15/h3,6-7,13,18H,2,4-5,8-12H2,1H3. The highest BCUT2D eigenvalue weighted by Gasteiger charge is 2.25. The number of para-hydroxylation sites is 1. The molecule has 0 aliphatic carbocycles. The lowest BCUT2D eigenvalue weighted by molar-refractivity contribution is 0.0755. The number of nitrogens with zero attached hydrogens (tertiary/aromatic N) is 1. The van der Waals surface area contributed by atoms with Crippen LogP contribution in [0, 0.1) is 5.92 Å². The van der Waals surface area contributed by atoms with Crippen LogP contribution in [-0.2, 0) is 0 Å². The van der Waals surface area contributed by atoms with Gasteiger partial charge in [-0.2, -0.15) is 0 Å². The van der Waals surface area contributed by atoms with Gasteiger partial charge in [0.15, 0.2) is 5.75 Å². The zero-order valence-electron chi connectivity index (χ0n) is 12.7. The summed E-state index contributed by atoms with van der Waals surface area (Å²) < 4.78 is 5.73. The fourth-order valence-electron chi connectivity index (χ4n) is 3.29. The van der Waals surface area contributed by atoms with Gasteiger partial charge in [0.25, 0.3) is 5.91 Å². The number of amides is 1. The summed E-state index contributed by atoms with van der Waals surface area (Å²) in [6.45, 7) is 5.40. The van der Waals surface area contributed by atoms with Crippen molar-refractivity contribution < 1.29 is 9.53 Å². The van der Waals surface area contributed by atoms with Gasteiger partial charge in [0.05, 0.1) is 11.3 Å². The summed E-state index contributed by atoms with van der Waals surface area (Å²) >= 11 is 0. The third-order valence-corrected chi connectivity index (χ3v) is 4.62. The van der Waals surface area contributed by atoms with E-state index in [-0.39, 0.29) is 5.91 Å². The van der Waals surface area contributed by atoms with Crippen molar-refractivity contribution in [3.05, 3.63) is 23.8 Å². The first-order chi connectivity index (χ1) is 10.3. The maximum Gasteiger partial charge on any atom is 0.257 e. The molecule has 114 valence electrons. The minimum atomic E-state index is 0.118. The van der Waals surface area contributed by atoms with Crippen LogP contribution in [0.5, 0.6) is 5.75 Å². The fourth-order valence-corrected chi connectivity index (χ4v) is 3.29. The van der Waals surface area contributed by atoms with Crippen LogP contribution >= 0.6 is 0 Å². The van der Waals surface area contributed by atoms with Gasteiger partial charge in [0.1, 0.15) is 6.61 Å². The number of carbonyl (C=O) groups excluding carboxylic acids is 1. The van der Waals surface area contributed by atoms with Crippen molar-refractivity contribution in [2.45, 2.75) is 32.6 Å². The lowest BCUT2D eigenvalue weighted by Crippen LogP contribution is -2.33. The second kappa shape index (κ2) is 6.37. The van der Waals surface area contributed by atoms with Crippen molar-refractivity contribution in [3.63, 3.8) is 0 Å². The number of carbonyl (C=O) groups is 1. The summed E-state index contributed by atoms with van der Waals surface area (Å²) in [5.74, 6) is 1.61. The summed E-state index contributed by atoms with van der Waals surface area (Å²) in [6, 6.07) is 5.79. The minimum absolute atomic E-state index is 0.118. The summed E-state index contributed by atoms with van der Waals surface area (Å²) in [4.78, 5) is 14.8. The number of nitrogens with one attached hydrogen (secondary N) is 1. The maximum absolute atomic E-state index is 12.8. The minimum Gasteiger partial charge on any atom is -0.489 e. The SMILES string of the molecule is CCC1CCCN(C(=O)c2cccc3c2OCCN3)CC1. The Morgan fingerprint density at radius 3 is 3.14 bits per heavy atom. The first kappa shape index (κ1) is 14.2. The smallest absolute Gasteiger partial charge is 0.257 e. The van der Waals surface area contributed by atoms with Crippen LogP contribution in [0.2, 0.25) is 0 Å². The molecule has 1 aromatic carbocycles. The molecule has 2 heterocycles. The molecule has 21 heavy (non-hydrogen) atoms. The number of anilines is 1. The molecule has 0 spiro atoms. The van der Waals surface area contributed by atoms with Crippen LogP contribution in [0.15, 0.2) is 18.2 Å². The van der Waals surface area contributed by atoms with Gasteiger partial charge in [-0.05, 0) is 37.3 Å². The Morgan fingerprint density at radius 2 is 2.29 bits per heavy atom. The molecular weight excluding hydrogens is 264 g/mol. The first-order valence-electron chi connectivity index (χ1n) is 8.08. The molecule has 2 aliphatic rings. The number of ether oxygens (including phenoxy) is 1. The number of benzene rings is 1. The van der Waals surface area contributed by atoms with Crippen molar-refractivity contribution in [3.8, 4) is 5.75 Å². The predicted molar refractivity (Wildman–Crippen MR) is 84.0 cm³/mol. The highest BCUT2D eigenvalue weighted by atomic mass is 16.5. The maximum atomic E-state index is 12.8. The molecule has 1 aromatic rings. The summed E-state index contributed by atoms with van der Waals surface area (Å²) in [5.41, 5.74) is 1.64. The first-order valence-corrected chi connectivity index (χ1v) is 8.08. The zero-order chi connectivity index (χ0) is 14.7. The van der Waals surface area contributed by atoms with E-state index >= 15 is 0 Å². The van der Waals surface area contributed by atoms with Gasteiger partial charge in [-0.25, -0.2) is 0 Å². The Morgan fingerprint density at radius 1 is 1.38 bits per heavy atom.